The number of ketones is 2. The average Bonchev–Trinajstić information content (AvgIpc) is 3.88. The van der Waals surface area contributed by atoms with Crippen molar-refractivity contribution in [3.05, 3.63) is 93.9 Å². The van der Waals surface area contributed by atoms with Gasteiger partial charge in [0, 0.05) is 31.0 Å². The summed E-state index contributed by atoms with van der Waals surface area (Å²) in [4.78, 5) is 51.9. The number of methoxy groups -OCH3 is 2. The zero-order valence-corrected chi connectivity index (χ0v) is 31.1. The van der Waals surface area contributed by atoms with Gasteiger partial charge >= 0.3 is 11.9 Å². The number of aryl methyl sites for hydroxylation is 2. The summed E-state index contributed by atoms with van der Waals surface area (Å²) in [6, 6.07) is 11.6. The highest BCUT2D eigenvalue weighted by atomic mass is 19.1. The normalized spacial score (nSPS) is 13.1. The molecule has 0 radical (unpaired) electrons. The number of fused-ring (bicyclic) bond motifs is 4. The van der Waals surface area contributed by atoms with E-state index >= 15 is 0 Å². The number of rotatable bonds is 7. The lowest BCUT2D eigenvalue weighted by Gasteiger charge is -2.24. The predicted octanol–water partition coefficient (Wildman–Crippen LogP) is 5.26. The lowest BCUT2D eigenvalue weighted by atomic mass is 9.87. The molecule has 0 aliphatic carbocycles. The Morgan fingerprint density at radius 3 is 1.96 bits per heavy atom. The fourth-order valence-corrected chi connectivity index (χ4v) is 5.91. The number of tetrazole rings is 2. The number of carbonyl (C=O) groups is 4. The molecule has 0 fully saturated rings. The summed E-state index contributed by atoms with van der Waals surface area (Å²) >= 11 is 0. The topological polar surface area (TPSA) is 187 Å². The molecule has 286 valence electrons. The summed E-state index contributed by atoms with van der Waals surface area (Å²) in [5.74, 6) is -1.47. The summed E-state index contributed by atoms with van der Waals surface area (Å²) in [5.41, 5.74) is 4.54. The molecule has 55 heavy (non-hydrogen) atoms. The van der Waals surface area contributed by atoms with Crippen LogP contribution in [0.25, 0.3) is 28.7 Å². The van der Waals surface area contributed by atoms with Crippen molar-refractivity contribution in [2.24, 2.45) is 5.92 Å². The van der Waals surface area contributed by atoms with E-state index in [4.69, 9.17) is 9.72 Å². The first-order valence-electron chi connectivity index (χ1n) is 17.4. The van der Waals surface area contributed by atoms with Gasteiger partial charge in [0.15, 0.2) is 5.78 Å². The molecule has 0 unspecified atom stereocenters. The Morgan fingerprint density at radius 1 is 0.800 bits per heavy atom. The van der Waals surface area contributed by atoms with Crippen LogP contribution in [0.1, 0.15) is 84.3 Å². The molecule has 15 nitrogen and oxygen atoms in total. The van der Waals surface area contributed by atoms with Crippen molar-refractivity contribution in [1.82, 2.24) is 45.4 Å². The first-order valence-corrected chi connectivity index (χ1v) is 17.4. The number of nitrogens with zero attached hydrogens (tertiary/aromatic N) is 9. The van der Waals surface area contributed by atoms with Crippen molar-refractivity contribution in [2.45, 2.75) is 66.0 Å². The highest BCUT2D eigenvalue weighted by Crippen LogP contribution is 2.39. The van der Waals surface area contributed by atoms with Gasteiger partial charge in [-0.05, 0) is 86.6 Å². The predicted molar refractivity (Wildman–Crippen MR) is 193 cm³/mol. The number of benzene rings is 2. The number of Topliss-reactive ketones (excluding diaryl/α,β-unsaturated/α-hetero) is 2. The number of esters is 2. The number of halogens is 2. The van der Waals surface area contributed by atoms with Crippen LogP contribution in [0.5, 0.6) is 0 Å². The molecule has 17 heteroatoms. The van der Waals surface area contributed by atoms with Crippen LogP contribution < -0.4 is 0 Å². The molecule has 0 N–H and O–H groups in total. The minimum atomic E-state index is -0.682. The minimum Gasteiger partial charge on any atom is -0.465 e. The SMILES string of the molecule is COC(=O)C(=Cc1ccc(F)cc1)C(=O)C(C)C.COC(=O)c1c(C(C)C)nc2c(c1-c1ccc(F)cc1)CCn1nnnc1-2.O=C1CCCn2nnnc21. The summed E-state index contributed by atoms with van der Waals surface area (Å²) < 4.78 is 39.1. The second kappa shape index (κ2) is 17.6. The second-order valence-electron chi connectivity index (χ2n) is 13.1. The third kappa shape index (κ3) is 9.05. The van der Waals surface area contributed by atoms with E-state index in [0.717, 1.165) is 24.1 Å². The molecular formula is C38H39F2N9O6. The van der Waals surface area contributed by atoms with Gasteiger partial charge in [-0.3, -0.25) is 9.59 Å². The Morgan fingerprint density at radius 2 is 1.40 bits per heavy atom. The Bertz CT molecular complexity index is 2230. The van der Waals surface area contributed by atoms with Crippen LogP contribution in [-0.4, -0.2) is 83.1 Å². The number of hydrogen-bond acceptors (Lipinski definition) is 13. The van der Waals surface area contributed by atoms with Crippen LogP contribution >= 0.6 is 0 Å². The van der Waals surface area contributed by atoms with Crippen LogP contribution in [0.4, 0.5) is 8.78 Å². The highest BCUT2D eigenvalue weighted by molar-refractivity contribution is 6.21. The number of pyridine rings is 1. The Labute approximate surface area is 314 Å². The first-order chi connectivity index (χ1) is 26.3. The van der Waals surface area contributed by atoms with Gasteiger partial charge in [0.2, 0.25) is 17.4 Å². The zero-order valence-electron chi connectivity index (χ0n) is 31.1. The summed E-state index contributed by atoms with van der Waals surface area (Å²) in [6.45, 7) is 8.66. The molecule has 2 aliphatic rings. The third-order valence-electron chi connectivity index (χ3n) is 8.64. The molecule has 2 aliphatic heterocycles. The van der Waals surface area contributed by atoms with Gasteiger partial charge in [0.25, 0.3) is 0 Å². The molecule has 0 amide bonds. The van der Waals surface area contributed by atoms with Crippen molar-refractivity contribution in [2.75, 3.05) is 14.2 Å². The van der Waals surface area contributed by atoms with Gasteiger partial charge in [-0.1, -0.05) is 52.0 Å². The van der Waals surface area contributed by atoms with Gasteiger partial charge in [0.1, 0.15) is 22.9 Å². The molecule has 2 aromatic carbocycles. The van der Waals surface area contributed by atoms with E-state index in [9.17, 15) is 28.0 Å². The van der Waals surface area contributed by atoms with E-state index in [1.165, 1.54) is 56.7 Å². The van der Waals surface area contributed by atoms with Gasteiger partial charge in [0.05, 0.1) is 25.5 Å². The monoisotopic (exact) mass is 755 g/mol. The fourth-order valence-electron chi connectivity index (χ4n) is 5.91. The molecule has 5 heterocycles. The maximum absolute atomic E-state index is 13.5. The Kier molecular flexibility index (Phi) is 12.8. The lowest BCUT2D eigenvalue weighted by Crippen LogP contribution is -2.20. The van der Waals surface area contributed by atoms with Gasteiger partial charge in [-0.2, -0.15) is 0 Å². The smallest absolute Gasteiger partial charge is 0.341 e. The highest BCUT2D eigenvalue weighted by Gasteiger charge is 2.31. The van der Waals surface area contributed by atoms with E-state index in [1.807, 2.05) is 13.8 Å². The second-order valence-corrected chi connectivity index (χ2v) is 13.1. The number of aromatic nitrogens is 9. The summed E-state index contributed by atoms with van der Waals surface area (Å²) in [5, 5.41) is 22.5. The number of carbonyl (C=O) groups excluding carboxylic acids is 4. The van der Waals surface area contributed by atoms with E-state index in [1.54, 1.807) is 35.3 Å². The van der Waals surface area contributed by atoms with E-state index in [2.05, 4.69) is 35.8 Å². The summed E-state index contributed by atoms with van der Waals surface area (Å²) in [6.07, 6.45) is 3.46. The molecule has 0 saturated carbocycles. The van der Waals surface area contributed by atoms with Crippen LogP contribution in [0.15, 0.2) is 54.1 Å². The maximum Gasteiger partial charge on any atom is 0.341 e. The number of hydrogen-bond donors (Lipinski definition) is 0. The van der Waals surface area contributed by atoms with Crippen LogP contribution in [0, 0.1) is 17.6 Å². The minimum absolute atomic E-state index is 0.0286. The molecule has 3 aromatic heterocycles. The molecule has 0 bridgehead atoms. The standard InChI is InChI=1S/C19H18FN5O2.C14H15FO3.C5H6N4O/c1-10(2)16-15(19(26)27-3)14(11-4-6-12(20)7-5-11)13-8-9-25-18(17(13)21-16)22-23-24-25;1-9(2)13(16)12(14(17)18-3)8-10-4-6-11(15)7-5-10;10-4-2-1-3-9-5(4)6-7-8-9/h4-7,10H,8-9H2,1-3H3;4-9H,1-3H3;1-3H2. The van der Waals surface area contributed by atoms with Crippen molar-refractivity contribution >= 4 is 29.6 Å². The van der Waals surface area contributed by atoms with Crippen LogP contribution in [-0.2, 0) is 38.6 Å². The van der Waals surface area contributed by atoms with E-state index in [-0.39, 0.29) is 40.6 Å². The van der Waals surface area contributed by atoms with Crippen molar-refractivity contribution in [3.63, 3.8) is 0 Å². The first kappa shape index (κ1) is 39.8. The largest absolute Gasteiger partial charge is 0.465 e. The summed E-state index contributed by atoms with van der Waals surface area (Å²) in [7, 11) is 2.56. The maximum atomic E-state index is 13.5. The lowest BCUT2D eigenvalue weighted by molar-refractivity contribution is -0.138. The molecular weight excluding hydrogens is 716 g/mol. The van der Waals surface area contributed by atoms with Gasteiger partial charge < -0.3 is 9.47 Å². The quantitative estimate of drug-likeness (QED) is 0.0907. The van der Waals surface area contributed by atoms with Gasteiger partial charge in [-0.15, -0.1) is 10.2 Å². The van der Waals surface area contributed by atoms with Crippen LogP contribution in [0.2, 0.25) is 0 Å². The van der Waals surface area contributed by atoms with Crippen LogP contribution in [0.3, 0.4) is 0 Å². The Hall–Kier alpha value is -6.39. The van der Waals surface area contributed by atoms with E-state index in [0.29, 0.717) is 59.1 Å². The van der Waals surface area contributed by atoms with Crippen molar-refractivity contribution < 1.29 is 37.4 Å². The average molecular weight is 756 g/mol. The van der Waals surface area contributed by atoms with Crippen molar-refractivity contribution in [1.29, 1.82) is 0 Å². The van der Waals surface area contributed by atoms with Gasteiger partial charge in [-0.25, -0.2) is 32.7 Å². The van der Waals surface area contributed by atoms with Crippen molar-refractivity contribution in [3.8, 4) is 22.6 Å². The number of ether oxygens (including phenoxy) is 2. The Balaban J connectivity index is 0.000000177. The molecule has 0 saturated heterocycles. The molecule has 0 atom stereocenters. The molecule has 5 aromatic rings. The zero-order chi connectivity index (χ0) is 39.8. The molecule has 7 rings (SSSR count). The fraction of sp³-hybridized carbons (Fsp3) is 0.342. The van der Waals surface area contributed by atoms with E-state index < -0.39 is 11.9 Å². The molecule has 0 spiro atoms. The third-order valence-corrected chi connectivity index (χ3v) is 8.64.